The van der Waals surface area contributed by atoms with Crippen LogP contribution in [0.4, 0.5) is 0 Å². The molecule has 0 spiro atoms. The second-order valence-electron chi connectivity index (χ2n) is 2.91. The molecule has 84 valence electrons. The van der Waals surface area contributed by atoms with Gasteiger partial charge in [-0.25, -0.2) is 0 Å². The summed E-state index contributed by atoms with van der Waals surface area (Å²) < 4.78 is 0. The molecule has 1 atom stereocenters. The third-order valence-corrected chi connectivity index (χ3v) is 3.14. The first-order valence-electron chi connectivity index (χ1n) is 4.17. The molecule has 3 N–H and O–H groups in total. The zero-order chi connectivity index (χ0) is 11.4. The lowest BCUT2D eigenvalue weighted by molar-refractivity contribution is -0.277. The van der Waals surface area contributed by atoms with Crippen LogP contribution in [0.3, 0.4) is 0 Å². The van der Waals surface area contributed by atoms with E-state index in [-0.39, 0.29) is 5.03 Å². The minimum atomic E-state index is -3.11. The standard InChI is InChI=1S/C8H13Cl3O3/c1-2-3-4-5(9)6(10)7(11)8(12,13)14/h5,12-14H,2-4H2,1H3. The Morgan fingerprint density at radius 1 is 1.29 bits per heavy atom. The Morgan fingerprint density at radius 2 is 1.79 bits per heavy atom. The van der Waals surface area contributed by atoms with Gasteiger partial charge in [-0.05, 0) is 6.42 Å². The quantitative estimate of drug-likeness (QED) is 0.526. The highest BCUT2D eigenvalue weighted by Gasteiger charge is 2.29. The molecule has 0 saturated carbocycles. The van der Waals surface area contributed by atoms with E-state index in [2.05, 4.69) is 0 Å². The Morgan fingerprint density at radius 3 is 2.14 bits per heavy atom. The molecule has 0 aliphatic carbocycles. The Kier molecular flexibility index (Phi) is 6.37. The molecule has 0 bridgehead atoms. The fourth-order valence-corrected chi connectivity index (χ4v) is 1.49. The molecule has 0 aliphatic heterocycles. The summed E-state index contributed by atoms with van der Waals surface area (Å²) in [5, 5.41) is 24.7. The lowest BCUT2D eigenvalue weighted by Gasteiger charge is -2.16. The molecule has 0 fully saturated rings. The van der Waals surface area contributed by atoms with Gasteiger partial charge in [0, 0.05) is 0 Å². The molecular weight excluding hydrogens is 250 g/mol. The zero-order valence-corrected chi connectivity index (χ0v) is 9.94. The molecular formula is C8H13Cl3O3. The Labute approximate surface area is 97.9 Å². The summed E-state index contributed by atoms with van der Waals surface area (Å²) in [6.07, 6.45) is 2.33. The number of aliphatic hydroxyl groups is 3. The maximum Gasteiger partial charge on any atom is 0.316 e. The van der Waals surface area contributed by atoms with Crippen molar-refractivity contribution < 1.29 is 15.3 Å². The number of alkyl halides is 1. The van der Waals surface area contributed by atoms with Gasteiger partial charge in [0.15, 0.2) is 0 Å². The molecule has 0 rings (SSSR count). The number of hydrogen-bond acceptors (Lipinski definition) is 3. The lowest BCUT2D eigenvalue weighted by atomic mass is 10.2. The molecule has 0 aromatic heterocycles. The Balaban J connectivity index is 4.49. The van der Waals surface area contributed by atoms with Crippen molar-refractivity contribution in [2.24, 2.45) is 0 Å². The predicted octanol–water partition coefficient (Wildman–Crippen LogP) is 2.10. The van der Waals surface area contributed by atoms with Gasteiger partial charge in [-0.15, -0.1) is 11.6 Å². The molecule has 1 unspecified atom stereocenters. The molecule has 0 aliphatic rings. The highest BCUT2D eigenvalue weighted by molar-refractivity contribution is 6.43. The van der Waals surface area contributed by atoms with Gasteiger partial charge >= 0.3 is 5.97 Å². The van der Waals surface area contributed by atoms with Crippen molar-refractivity contribution in [3.05, 3.63) is 10.1 Å². The SMILES string of the molecule is CCCCC(Cl)C(Cl)=C(Cl)C(O)(O)O. The number of unbranched alkanes of at least 4 members (excludes halogenated alkanes) is 1. The number of hydrogen-bond donors (Lipinski definition) is 3. The minimum Gasteiger partial charge on any atom is -0.339 e. The van der Waals surface area contributed by atoms with Crippen LogP contribution in [0.15, 0.2) is 10.1 Å². The molecule has 3 nitrogen and oxygen atoms in total. The fraction of sp³-hybridized carbons (Fsp3) is 0.750. The van der Waals surface area contributed by atoms with Crippen LogP contribution >= 0.6 is 34.8 Å². The van der Waals surface area contributed by atoms with E-state index in [9.17, 15) is 0 Å². The van der Waals surface area contributed by atoms with Gasteiger partial charge in [-0.2, -0.15) is 0 Å². The highest BCUT2D eigenvalue weighted by atomic mass is 35.5. The zero-order valence-electron chi connectivity index (χ0n) is 7.67. The summed E-state index contributed by atoms with van der Waals surface area (Å²) >= 11 is 16.8. The second kappa shape index (κ2) is 6.16. The van der Waals surface area contributed by atoms with E-state index >= 15 is 0 Å². The largest absolute Gasteiger partial charge is 0.339 e. The summed E-state index contributed by atoms with van der Waals surface area (Å²) in [6.45, 7) is 1.98. The van der Waals surface area contributed by atoms with Crippen molar-refractivity contribution in [3.8, 4) is 0 Å². The van der Waals surface area contributed by atoms with E-state index in [4.69, 9.17) is 50.1 Å². The van der Waals surface area contributed by atoms with E-state index < -0.39 is 16.4 Å². The van der Waals surface area contributed by atoms with E-state index in [1.54, 1.807) is 0 Å². The van der Waals surface area contributed by atoms with E-state index in [0.29, 0.717) is 6.42 Å². The van der Waals surface area contributed by atoms with Gasteiger partial charge < -0.3 is 15.3 Å². The first kappa shape index (κ1) is 14.5. The summed E-state index contributed by atoms with van der Waals surface area (Å²) in [4.78, 5) is 0. The monoisotopic (exact) mass is 262 g/mol. The van der Waals surface area contributed by atoms with E-state index in [1.807, 2.05) is 6.92 Å². The third-order valence-electron chi connectivity index (χ3n) is 1.59. The van der Waals surface area contributed by atoms with Crippen molar-refractivity contribution in [3.63, 3.8) is 0 Å². The molecule has 14 heavy (non-hydrogen) atoms. The van der Waals surface area contributed by atoms with Crippen molar-refractivity contribution in [2.75, 3.05) is 0 Å². The highest BCUT2D eigenvalue weighted by Crippen LogP contribution is 2.29. The van der Waals surface area contributed by atoms with Crippen LogP contribution in [0.2, 0.25) is 0 Å². The normalized spacial score (nSPS) is 16.5. The van der Waals surface area contributed by atoms with Crippen molar-refractivity contribution in [2.45, 2.75) is 37.5 Å². The van der Waals surface area contributed by atoms with Crippen LogP contribution in [0.5, 0.6) is 0 Å². The minimum absolute atomic E-state index is 0.144. The first-order valence-corrected chi connectivity index (χ1v) is 5.36. The van der Waals surface area contributed by atoms with Crippen molar-refractivity contribution in [1.82, 2.24) is 0 Å². The topological polar surface area (TPSA) is 60.7 Å². The molecule has 0 saturated heterocycles. The van der Waals surface area contributed by atoms with Crippen LogP contribution in [0, 0.1) is 0 Å². The molecule has 0 radical (unpaired) electrons. The molecule has 0 amide bonds. The average molecular weight is 264 g/mol. The number of allylic oxidation sites excluding steroid dienone is 1. The number of rotatable bonds is 5. The fourth-order valence-electron chi connectivity index (χ4n) is 0.808. The Bertz CT molecular complexity index is 210. The smallest absolute Gasteiger partial charge is 0.316 e. The molecule has 0 aromatic carbocycles. The maximum absolute atomic E-state index is 8.71. The van der Waals surface area contributed by atoms with E-state index in [0.717, 1.165) is 12.8 Å². The predicted molar refractivity (Wildman–Crippen MR) is 57.3 cm³/mol. The molecule has 0 aromatic rings. The summed E-state index contributed by atoms with van der Waals surface area (Å²) in [5.41, 5.74) is 0. The van der Waals surface area contributed by atoms with Crippen molar-refractivity contribution >= 4 is 34.8 Å². The maximum atomic E-state index is 8.71. The lowest BCUT2D eigenvalue weighted by Crippen LogP contribution is -2.29. The summed E-state index contributed by atoms with van der Waals surface area (Å²) in [5.74, 6) is -3.11. The third kappa shape index (κ3) is 4.82. The number of halogens is 3. The average Bonchev–Trinajstić information content (AvgIpc) is 2.10. The molecule has 6 heteroatoms. The van der Waals surface area contributed by atoms with Crippen molar-refractivity contribution in [1.29, 1.82) is 0 Å². The van der Waals surface area contributed by atoms with Crippen LogP contribution in [0.1, 0.15) is 26.2 Å². The van der Waals surface area contributed by atoms with E-state index in [1.165, 1.54) is 0 Å². The van der Waals surface area contributed by atoms with Crippen LogP contribution in [-0.4, -0.2) is 26.7 Å². The Hall–Kier alpha value is 0.490. The van der Waals surface area contributed by atoms with Crippen LogP contribution < -0.4 is 0 Å². The second-order valence-corrected chi connectivity index (χ2v) is 4.22. The molecule has 0 heterocycles. The summed E-state index contributed by atoms with van der Waals surface area (Å²) in [7, 11) is 0. The van der Waals surface area contributed by atoms with Gasteiger partial charge in [0.1, 0.15) is 5.03 Å². The first-order chi connectivity index (χ1) is 6.30. The van der Waals surface area contributed by atoms with Crippen LogP contribution in [0.25, 0.3) is 0 Å². The van der Waals surface area contributed by atoms with Gasteiger partial charge in [-0.3, -0.25) is 0 Å². The van der Waals surface area contributed by atoms with Gasteiger partial charge in [0.05, 0.1) is 10.4 Å². The van der Waals surface area contributed by atoms with Gasteiger partial charge in [-0.1, -0.05) is 43.0 Å². The van der Waals surface area contributed by atoms with Crippen LogP contribution in [-0.2, 0) is 0 Å². The van der Waals surface area contributed by atoms with Gasteiger partial charge in [0.2, 0.25) is 0 Å². The summed E-state index contributed by atoms with van der Waals surface area (Å²) in [6, 6.07) is 0. The van der Waals surface area contributed by atoms with Gasteiger partial charge in [0.25, 0.3) is 0 Å².